The lowest BCUT2D eigenvalue weighted by Crippen LogP contribution is -2.22. The third-order valence-electron chi connectivity index (χ3n) is 2.89. The molecule has 0 spiro atoms. The first-order valence-electron chi connectivity index (χ1n) is 6.59. The van der Waals surface area contributed by atoms with Crippen molar-refractivity contribution in [2.75, 3.05) is 5.75 Å². The first-order chi connectivity index (χ1) is 10.7. The fourth-order valence-corrected chi connectivity index (χ4v) is 2.83. The number of rotatable bonds is 4. The van der Waals surface area contributed by atoms with Crippen LogP contribution >= 0.6 is 24.0 Å². The summed E-state index contributed by atoms with van der Waals surface area (Å²) in [6.45, 7) is 0. The third-order valence-corrected chi connectivity index (χ3v) is 4.23. The van der Waals surface area contributed by atoms with Gasteiger partial charge in [0.15, 0.2) is 4.32 Å². The summed E-state index contributed by atoms with van der Waals surface area (Å²) < 4.78 is 6.25. The summed E-state index contributed by atoms with van der Waals surface area (Å²) in [6.07, 6.45) is 1.61. The van der Waals surface area contributed by atoms with Crippen LogP contribution < -0.4 is 4.74 Å². The number of hydrogen-bond acceptors (Lipinski definition) is 5. The monoisotopic (exact) mass is 328 g/mol. The maximum absolute atomic E-state index is 11.6. The lowest BCUT2D eigenvalue weighted by atomic mass is 10.2. The highest BCUT2D eigenvalue weighted by Gasteiger charge is 2.25. The first-order valence-corrected chi connectivity index (χ1v) is 7.98. The van der Waals surface area contributed by atoms with Gasteiger partial charge >= 0.3 is 0 Å². The van der Waals surface area contributed by atoms with E-state index < -0.39 is 0 Å². The van der Waals surface area contributed by atoms with Crippen molar-refractivity contribution in [1.82, 2.24) is 5.01 Å². The number of para-hydroxylation sites is 1. The molecule has 0 unspecified atom stereocenters. The Morgan fingerprint density at radius 3 is 2.64 bits per heavy atom. The van der Waals surface area contributed by atoms with Crippen LogP contribution in [0, 0.1) is 0 Å². The molecule has 3 rings (SSSR count). The highest BCUT2D eigenvalue weighted by molar-refractivity contribution is 8.23. The van der Waals surface area contributed by atoms with Gasteiger partial charge in [0.1, 0.15) is 11.5 Å². The molecule has 1 heterocycles. The van der Waals surface area contributed by atoms with Crippen molar-refractivity contribution >= 4 is 40.4 Å². The lowest BCUT2D eigenvalue weighted by Gasteiger charge is -2.07. The average molecular weight is 328 g/mol. The van der Waals surface area contributed by atoms with Gasteiger partial charge in [0.05, 0.1) is 12.0 Å². The zero-order valence-corrected chi connectivity index (χ0v) is 13.1. The summed E-state index contributed by atoms with van der Waals surface area (Å²) in [5.41, 5.74) is 0.834. The van der Waals surface area contributed by atoms with Gasteiger partial charge in [0.25, 0.3) is 5.91 Å². The summed E-state index contributed by atoms with van der Waals surface area (Å²) in [7, 11) is 0. The number of ether oxygens (including phenoxy) is 1. The van der Waals surface area contributed by atoms with Crippen LogP contribution in [-0.4, -0.2) is 27.2 Å². The van der Waals surface area contributed by atoms with Gasteiger partial charge in [-0.2, -0.15) is 10.1 Å². The number of amides is 1. The molecule has 1 saturated heterocycles. The summed E-state index contributed by atoms with van der Waals surface area (Å²) in [4.78, 5) is 11.6. The van der Waals surface area contributed by atoms with Crippen molar-refractivity contribution in [3.8, 4) is 11.5 Å². The molecule has 1 amide bonds. The van der Waals surface area contributed by atoms with E-state index in [-0.39, 0.29) is 5.91 Å². The molecule has 1 aliphatic rings. The molecule has 0 radical (unpaired) electrons. The van der Waals surface area contributed by atoms with Gasteiger partial charge < -0.3 is 4.74 Å². The van der Waals surface area contributed by atoms with Crippen molar-refractivity contribution < 1.29 is 9.53 Å². The Morgan fingerprint density at radius 2 is 1.91 bits per heavy atom. The molecule has 22 heavy (non-hydrogen) atoms. The maximum atomic E-state index is 11.6. The Bertz CT molecular complexity index is 716. The van der Waals surface area contributed by atoms with Crippen LogP contribution in [0.3, 0.4) is 0 Å². The number of thiocarbonyl (C=S) groups is 1. The molecule has 2 aromatic rings. The minimum absolute atomic E-state index is 0.0945. The van der Waals surface area contributed by atoms with Crippen LogP contribution in [0.25, 0.3) is 0 Å². The number of thioether (sulfide) groups is 1. The Kier molecular flexibility index (Phi) is 4.50. The predicted molar refractivity (Wildman–Crippen MR) is 92.5 cm³/mol. The number of hydrazone groups is 1. The average Bonchev–Trinajstić information content (AvgIpc) is 2.85. The van der Waals surface area contributed by atoms with E-state index in [9.17, 15) is 4.79 Å². The van der Waals surface area contributed by atoms with Gasteiger partial charge in [-0.1, -0.05) is 54.3 Å². The number of hydrogen-bond donors (Lipinski definition) is 0. The second-order valence-corrected chi connectivity index (χ2v) is 6.10. The molecule has 2 aromatic carbocycles. The molecule has 0 atom stereocenters. The molecule has 0 bridgehead atoms. The van der Waals surface area contributed by atoms with Crippen LogP contribution in [0.15, 0.2) is 59.7 Å². The van der Waals surface area contributed by atoms with E-state index in [1.54, 1.807) is 6.21 Å². The molecule has 0 N–H and O–H groups in total. The van der Waals surface area contributed by atoms with Crippen LogP contribution in [0.1, 0.15) is 5.56 Å². The second kappa shape index (κ2) is 6.72. The number of carbonyl (C=O) groups excluding carboxylic acids is 1. The molecular weight excluding hydrogens is 316 g/mol. The summed E-state index contributed by atoms with van der Waals surface area (Å²) in [6, 6.07) is 17.0. The highest BCUT2D eigenvalue weighted by atomic mass is 32.2. The SMILES string of the molecule is O=C1CSC(=S)N1/N=C/c1cccc(Oc2ccccc2)c1. The largest absolute Gasteiger partial charge is 0.457 e. The summed E-state index contributed by atoms with van der Waals surface area (Å²) in [5.74, 6) is 1.74. The number of benzene rings is 2. The van der Waals surface area contributed by atoms with Crippen molar-refractivity contribution in [1.29, 1.82) is 0 Å². The van der Waals surface area contributed by atoms with E-state index in [1.165, 1.54) is 16.8 Å². The van der Waals surface area contributed by atoms with Crippen LogP contribution in [0.4, 0.5) is 0 Å². The van der Waals surface area contributed by atoms with Crippen LogP contribution in [-0.2, 0) is 4.79 Å². The van der Waals surface area contributed by atoms with Gasteiger partial charge in [-0.15, -0.1) is 0 Å². The van der Waals surface area contributed by atoms with Crippen molar-refractivity contribution in [2.45, 2.75) is 0 Å². The van der Waals surface area contributed by atoms with Gasteiger partial charge in [-0.3, -0.25) is 4.79 Å². The molecule has 6 heteroatoms. The first kappa shape index (κ1) is 14.7. The van der Waals surface area contributed by atoms with Crippen molar-refractivity contribution in [2.24, 2.45) is 5.10 Å². The highest BCUT2D eigenvalue weighted by Crippen LogP contribution is 2.22. The zero-order valence-electron chi connectivity index (χ0n) is 11.5. The summed E-state index contributed by atoms with van der Waals surface area (Å²) >= 11 is 6.40. The summed E-state index contributed by atoms with van der Waals surface area (Å²) in [5, 5.41) is 5.40. The Labute approximate surface area is 137 Å². The smallest absolute Gasteiger partial charge is 0.259 e. The fourth-order valence-electron chi connectivity index (χ4n) is 1.87. The minimum atomic E-state index is -0.0945. The normalized spacial score (nSPS) is 14.8. The molecule has 1 aliphatic heterocycles. The Morgan fingerprint density at radius 1 is 1.14 bits per heavy atom. The van der Waals surface area contributed by atoms with E-state index in [2.05, 4.69) is 5.10 Å². The molecular formula is C16H12N2O2S2. The number of nitrogens with zero attached hydrogens (tertiary/aromatic N) is 2. The molecule has 0 aromatic heterocycles. The zero-order chi connectivity index (χ0) is 15.4. The second-order valence-electron chi connectivity index (χ2n) is 4.49. The maximum Gasteiger partial charge on any atom is 0.259 e. The van der Waals surface area contributed by atoms with Crippen molar-refractivity contribution in [3.63, 3.8) is 0 Å². The van der Waals surface area contributed by atoms with E-state index in [1.807, 2.05) is 54.6 Å². The standard InChI is InChI=1S/C16H12N2O2S2/c19-15-11-22-16(21)18(15)17-10-12-5-4-8-14(9-12)20-13-6-2-1-3-7-13/h1-10H,11H2/b17-10+. The van der Waals surface area contributed by atoms with Gasteiger partial charge in [0, 0.05) is 0 Å². The van der Waals surface area contributed by atoms with Crippen LogP contribution in [0.2, 0.25) is 0 Å². The van der Waals surface area contributed by atoms with E-state index in [4.69, 9.17) is 17.0 Å². The Hall–Kier alpha value is -2.18. The van der Waals surface area contributed by atoms with E-state index >= 15 is 0 Å². The topological polar surface area (TPSA) is 41.9 Å². The molecule has 1 fully saturated rings. The molecule has 0 aliphatic carbocycles. The van der Waals surface area contributed by atoms with E-state index in [0.29, 0.717) is 15.8 Å². The van der Waals surface area contributed by atoms with Gasteiger partial charge in [-0.05, 0) is 29.8 Å². The molecule has 4 nitrogen and oxygen atoms in total. The van der Waals surface area contributed by atoms with Gasteiger partial charge in [0.2, 0.25) is 0 Å². The quantitative estimate of drug-likeness (QED) is 0.634. The minimum Gasteiger partial charge on any atom is -0.457 e. The van der Waals surface area contributed by atoms with Crippen LogP contribution in [0.5, 0.6) is 11.5 Å². The third kappa shape index (κ3) is 3.52. The number of carbonyl (C=O) groups is 1. The predicted octanol–water partition coefficient (Wildman–Crippen LogP) is 3.67. The lowest BCUT2D eigenvalue weighted by molar-refractivity contribution is -0.123. The fraction of sp³-hybridized carbons (Fsp3) is 0.0625. The van der Waals surface area contributed by atoms with Crippen molar-refractivity contribution in [3.05, 3.63) is 60.2 Å². The van der Waals surface area contributed by atoms with Gasteiger partial charge in [-0.25, -0.2) is 0 Å². The molecule has 0 saturated carbocycles. The molecule has 110 valence electrons. The van der Waals surface area contributed by atoms with E-state index in [0.717, 1.165) is 11.3 Å². The Balaban J connectivity index is 1.74.